The van der Waals surface area contributed by atoms with E-state index >= 15 is 0 Å². The van der Waals surface area contributed by atoms with Crippen LogP contribution in [0.4, 0.5) is 0 Å². The highest BCUT2D eigenvalue weighted by atomic mass is 79.9. The van der Waals surface area contributed by atoms with E-state index in [2.05, 4.69) is 106 Å². The highest BCUT2D eigenvalue weighted by molar-refractivity contribution is 9.12. The molecule has 0 unspecified atom stereocenters. The van der Waals surface area contributed by atoms with Crippen molar-refractivity contribution >= 4 is 63.7 Å². The molecule has 0 N–H and O–H groups in total. The lowest BCUT2D eigenvalue weighted by Gasteiger charge is -2.19. The van der Waals surface area contributed by atoms with E-state index in [1.54, 1.807) is 0 Å². The first-order valence-corrected chi connectivity index (χ1v) is 8.79. The van der Waals surface area contributed by atoms with Gasteiger partial charge in [0.05, 0.1) is 9.65 Å². The lowest BCUT2D eigenvalue weighted by Crippen LogP contribution is -2.00. The number of hydrogen-bond acceptors (Lipinski definition) is 0. The number of benzene rings is 2. The minimum atomic E-state index is 0.217. The number of alkyl halides is 2. The fourth-order valence-electron chi connectivity index (χ4n) is 1.67. The molecule has 0 nitrogen and oxygen atoms in total. The van der Waals surface area contributed by atoms with Gasteiger partial charge in [0.2, 0.25) is 0 Å². The molecule has 0 bridgehead atoms. The summed E-state index contributed by atoms with van der Waals surface area (Å²) < 4.78 is 2.21. The Labute approximate surface area is 141 Å². The van der Waals surface area contributed by atoms with Gasteiger partial charge >= 0.3 is 0 Å². The van der Waals surface area contributed by atoms with Gasteiger partial charge in [0, 0.05) is 8.95 Å². The molecule has 2 atom stereocenters. The average molecular weight is 498 g/mol. The Morgan fingerprint density at radius 2 is 1.33 bits per heavy atom. The molecule has 0 aromatic heterocycles. The SMILES string of the molecule is Brc1ccc([C@H](Br)[C@H](Br)c2ccccc2Br)cc1. The summed E-state index contributed by atoms with van der Waals surface area (Å²) in [6.07, 6.45) is 0. The first-order chi connectivity index (χ1) is 8.59. The average Bonchev–Trinajstić information content (AvgIpc) is 2.38. The highest BCUT2D eigenvalue weighted by Gasteiger charge is 2.21. The Bertz CT molecular complexity index is 522. The zero-order valence-corrected chi connectivity index (χ0v) is 15.6. The van der Waals surface area contributed by atoms with Crippen molar-refractivity contribution in [1.29, 1.82) is 0 Å². The minimum Gasteiger partial charge on any atom is -0.0823 e. The van der Waals surface area contributed by atoms with Crippen molar-refractivity contribution in [2.24, 2.45) is 0 Å². The van der Waals surface area contributed by atoms with E-state index in [1.807, 2.05) is 6.07 Å². The quantitative estimate of drug-likeness (QED) is 0.410. The Balaban J connectivity index is 2.26. The van der Waals surface area contributed by atoms with Crippen LogP contribution >= 0.6 is 63.7 Å². The van der Waals surface area contributed by atoms with Gasteiger partial charge in [-0.1, -0.05) is 94.1 Å². The fourth-order valence-corrected chi connectivity index (χ4v) is 4.07. The van der Waals surface area contributed by atoms with Crippen molar-refractivity contribution in [2.75, 3.05) is 0 Å². The van der Waals surface area contributed by atoms with Crippen LogP contribution in [0.1, 0.15) is 20.8 Å². The minimum absolute atomic E-state index is 0.217. The van der Waals surface area contributed by atoms with Gasteiger partial charge < -0.3 is 0 Å². The molecular formula is C14H10Br4. The van der Waals surface area contributed by atoms with Crippen molar-refractivity contribution in [1.82, 2.24) is 0 Å². The van der Waals surface area contributed by atoms with Crippen LogP contribution in [-0.4, -0.2) is 0 Å². The van der Waals surface area contributed by atoms with Crippen LogP contribution in [-0.2, 0) is 0 Å². The van der Waals surface area contributed by atoms with Crippen LogP contribution in [0, 0.1) is 0 Å². The van der Waals surface area contributed by atoms with Gasteiger partial charge in [-0.2, -0.15) is 0 Å². The standard InChI is InChI=1S/C14H10Br4/c15-10-7-5-9(6-8-10)13(17)14(18)11-3-1-2-4-12(11)16/h1-8,13-14H/t13-,14+/m0/s1. The van der Waals surface area contributed by atoms with Crippen LogP contribution in [0.3, 0.4) is 0 Å². The number of rotatable bonds is 3. The molecule has 0 heterocycles. The third-order valence-corrected chi connectivity index (χ3v) is 6.69. The van der Waals surface area contributed by atoms with E-state index in [9.17, 15) is 0 Å². The monoisotopic (exact) mass is 494 g/mol. The normalized spacial score (nSPS) is 14.2. The molecule has 0 aliphatic heterocycles. The summed E-state index contributed by atoms with van der Waals surface area (Å²) in [7, 11) is 0. The van der Waals surface area contributed by atoms with Gasteiger partial charge in [0.25, 0.3) is 0 Å². The Morgan fingerprint density at radius 1 is 0.722 bits per heavy atom. The molecule has 18 heavy (non-hydrogen) atoms. The maximum absolute atomic E-state index is 3.77. The lowest BCUT2D eigenvalue weighted by atomic mass is 10.0. The molecule has 0 saturated carbocycles. The molecule has 0 aliphatic rings. The third-order valence-electron chi connectivity index (χ3n) is 2.65. The topological polar surface area (TPSA) is 0 Å². The predicted molar refractivity (Wildman–Crippen MR) is 91.6 cm³/mol. The van der Waals surface area contributed by atoms with Gasteiger partial charge in [0.1, 0.15) is 0 Å². The third kappa shape index (κ3) is 3.47. The summed E-state index contributed by atoms with van der Waals surface area (Å²) in [5.41, 5.74) is 2.48. The van der Waals surface area contributed by atoms with Crippen molar-refractivity contribution in [2.45, 2.75) is 9.65 Å². The summed E-state index contributed by atoms with van der Waals surface area (Å²) in [6, 6.07) is 16.6. The molecule has 0 aliphatic carbocycles. The van der Waals surface area contributed by atoms with E-state index in [0.29, 0.717) is 0 Å². The second kappa shape index (κ2) is 6.69. The molecule has 0 amide bonds. The van der Waals surface area contributed by atoms with Crippen LogP contribution in [0.2, 0.25) is 0 Å². The number of hydrogen-bond donors (Lipinski definition) is 0. The summed E-state index contributed by atoms with van der Waals surface area (Å²) in [6.45, 7) is 0. The summed E-state index contributed by atoms with van der Waals surface area (Å²) in [5.74, 6) is 0. The van der Waals surface area contributed by atoms with Crippen LogP contribution in [0.15, 0.2) is 57.5 Å². The molecule has 4 heteroatoms. The van der Waals surface area contributed by atoms with E-state index in [0.717, 1.165) is 8.95 Å². The zero-order valence-electron chi connectivity index (χ0n) is 9.29. The van der Waals surface area contributed by atoms with Crippen molar-refractivity contribution in [3.8, 4) is 0 Å². The van der Waals surface area contributed by atoms with Crippen LogP contribution < -0.4 is 0 Å². The van der Waals surface area contributed by atoms with Crippen molar-refractivity contribution in [3.05, 3.63) is 68.6 Å². The Morgan fingerprint density at radius 3 is 1.94 bits per heavy atom. The van der Waals surface area contributed by atoms with Gasteiger partial charge in [0.15, 0.2) is 0 Å². The van der Waals surface area contributed by atoms with Gasteiger partial charge in [-0.3, -0.25) is 0 Å². The molecule has 0 radical (unpaired) electrons. The molecule has 94 valence electrons. The van der Waals surface area contributed by atoms with Crippen LogP contribution in [0.25, 0.3) is 0 Å². The summed E-state index contributed by atoms with van der Waals surface area (Å²) in [4.78, 5) is 0.443. The fraction of sp³-hybridized carbons (Fsp3) is 0.143. The largest absolute Gasteiger partial charge is 0.0823 e. The molecule has 0 spiro atoms. The Kier molecular flexibility index (Phi) is 5.48. The highest BCUT2D eigenvalue weighted by Crippen LogP contribution is 2.44. The van der Waals surface area contributed by atoms with Crippen LogP contribution in [0.5, 0.6) is 0 Å². The van der Waals surface area contributed by atoms with E-state index in [-0.39, 0.29) is 9.65 Å². The van der Waals surface area contributed by atoms with E-state index in [4.69, 9.17) is 0 Å². The molecule has 0 fully saturated rings. The van der Waals surface area contributed by atoms with Gasteiger partial charge in [-0.15, -0.1) is 0 Å². The first-order valence-electron chi connectivity index (χ1n) is 5.37. The van der Waals surface area contributed by atoms with E-state index < -0.39 is 0 Å². The molecule has 2 aromatic carbocycles. The molecule has 2 rings (SSSR count). The summed E-state index contributed by atoms with van der Waals surface area (Å²) in [5, 5.41) is 0. The molecule has 2 aromatic rings. The molecule has 0 saturated heterocycles. The lowest BCUT2D eigenvalue weighted by molar-refractivity contribution is 0.932. The van der Waals surface area contributed by atoms with Gasteiger partial charge in [-0.05, 0) is 29.3 Å². The summed E-state index contributed by atoms with van der Waals surface area (Å²) >= 11 is 14.6. The van der Waals surface area contributed by atoms with Crippen molar-refractivity contribution in [3.63, 3.8) is 0 Å². The Hall–Kier alpha value is 0.360. The zero-order chi connectivity index (χ0) is 13.1. The predicted octanol–water partition coefficient (Wildman–Crippen LogP) is 6.78. The maximum atomic E-state index is 3.77. The molecular weight excluding hydrogens is 488 g/mol. The maximum Gasteiger partial charge on any atom is 0.0572 e. The van der Waals surface area contributed by atoms with E-state index in [1.165, 1.54) is 11.1 Å². The number of halogens is 4. The van der Waals surface area contributed by atoms with Crippen molar-refractivity contribution < 1.29 is 0 Å². The second-order valence-corrected chi connectivity index (χ2v) is 7.62. The smallest absolute Gasteiger partial charge is 0.0572 e. The second-order valence-electron chi connectivity index (χ2n) is 3.88. The first kappa shape index (κ1) is 14.8. The van der Waals surface area contributed by atoms with Gasteiger partial charge in [-0.25, -0.2) is 0 Å².